The molecule has 0 saturated heterocycles. The van der Waals surface area contributed by atoms with Crippen molar-refractivity contribution in [3.05, 3.63) is 63.9 Å². The van der Waals surface area contributed by atoms with Gasteiger partial charge in [-0.2, -0.15) is 0 Å². The molecule has 1 aromatic heterocycles. The highest BCUT2D eigenvalue weighted by atomic mass is 35.5. The van der Waals surface area contributed by atoms with Crippen LogP contribution < -0.4 is 5.32 Å². The zero-order valence-corrected chi connectivity index (χ0v) is 13.0. The first-order valence-electron chi connectivity index (χ1n) is 6.79. The van der Waals surface area contributed by atoms with E-state index in [-0.39, 0.29) is 6.04 Å². The molecule has 1 heterocycles. The van der Waals surface area contributed by atoms with Crippen molar-refractivity contribution in [3.8, 4) is 0 Å². The molecule has 0 aliphatic carbocycles. The third-order valence-corrected chi connectivity index (χ3v) is 3.60. The maximum absolute atomic E-state index is 6.28. The Hall–Kier alpha value is -1.09. The van der Waals surface area contributed by atoms with E-state index in [4.69, 9.17) is 23.2 Å². The van der Waals surface area contributed by atoms with Crippen LogP contribution in [-0.4, -0.2) is 11.5 Å². The predicted octanol–water partition coefficient (Wildman–Crippen LogP) is 4.67. The summed E-state index contributed by atoms with van der Waals surface area (Å²) in [6.45, 7) is 3.07. The molecule has 0 aliphatic heterocycles. The Morgan fingerprint density at radius 1 is 1.20 bits per heavy atom. The molecule has 0 bridgehead atoms. The third-order valence-electron chi connectivity index (χ3n) is 3.09. The molecule has 4 heteroatoms. The number of benzene rings is 1. The fraction of sp³-hybridized carbons (Fsp3) is 0.312. The van der Waals surface area contributed by atoms with Crippen LogP contribution in [0.5, 0.6) is 0 Å². The van der Waals surface area contributed by atoms with Gasteiger partial charge in [0.2, 0.25) is 0 Å². The van der Waals surface area contributed by atoms with Gasteiger partial charge >= 0.3 is 0 Å². The van der Waals surface area contributed by atoms with Gasteiger partial charge in [0.15, 0.2) is 0 Å². The lowest BCUT2D eigenvalue weighted by Gasteiger charge is -2.19. The molecule has 20 heavy (non-hydrogen) atoms. The second kappa shape index (κ2) is 7.63. The van der Waals surface area contributed by atoms with E-state index < -0.39 is 0 Å². The van der Waals surface area contributed by atoms with Gasteiger partial charge < -0.3 is 5.32 Å². The van der Waals surface area contributed by atoms with E-state index in [0.29, 0.717) is 10.0 Å². The Kier molecular flexibility index (Phi) is 5.84. The van der Waals surface area contributed by atoms with Crippen LogP contribution in [-0.2, 0) is 6.42 Å². The number of hydrogen-bond donors (Lipinski definition) is 1. The lowest BCUT2D eigenvalue weighted by molar-refractivity contribution is 0.518. The molecule has 0 amide bonds. The molecule has 0 aliphatic rings. The Morgan fingerprint density at radius 3 is 2.60 bits per heavy atom. The summed E-state index contributed by atoms with van der Waals surface area (Å²) in [5.41, 5.74) is 2.11. The van der Waals surface area contributed by atoms with Crippen LogP contribution in [0, 0.1) is 0 Å². The smallest absolute Gasteiger partial charge is 0.0763 e. The minimum Gasteiger partial charge on any atom is -0.308 e. The molecular weight excluding hydrogens is 291 g/mol. The second-order valence-electron chi connectivity index (χ2n) is 4.72. The second-order valence-corrected chi connectivity index (χ2v) is 5.56. The minimum absolute atomic E-state index is 0.0992. The van der Waals surface area contributed by atoms with Crippen molar-refractivity contribution in [2.75, 3.05) is 6.54 Å². The summed E-state index contributed by atoms with van der Waals surface area (Å²) in [5.74, 6) is 0. The van der Waals surface area contributed by atoms with E-state index in [1.165, 1.54) is 5.56 Å². The molecule has 0 fully saturated rings. The average molecular weight is 309 g/mol. The van der Waals surface area contributed by atoms with Crippen molar-refractivity contribution >= 4 is 23.2 Å². The maximum Gasteiger partial charge on any atom is 0.0763 e. The Balaban J connectivity index is 2.22. The summed E-state index contributed by atoms with van der Waals surface area (Å²) in [6.07, 6.45) is 3.57. The quantitative estimate of drug-likeness (QED) is 0.838. The van der Waals surface area contributed by atoms with E-state index >= 15 is 0 Å². The summed E-state index contributed by atoms with van der Waals surface area (Å²) in [6, 6.07) is 12.2. The topological polar surface area (TPSA) is 24.9 Å². The van der Waals surface area contributed by atoms with Crippen molar-refractivity contribution in [3.63, 3.8) is 0 Å². The third kappa shape index (κ3) is 4.20. The highest BCUT2D eigenvalue weighted by Crippen LogP contribution is 2.26. The molecule has 2 nitrogen and oxygen atoms in total. The zero-order chi connectivity index (χ0) is 14.4. The Labute approximate surface area is 130 Å². The lowest BCUT2D eigenvalue weighted by Crippen LogP contribution is -2.25. The Bertz CT molecular complexity index is 543. The van der Waals surface area contributed by atoms with Crippen molar-refractivity contribution in [2.24, 2.45) is 0 Å². The van der Waals surface area contributed by atoms with Gasteiger partial charge in [-0.1, -0.05) is 60.5 Å². The average Bonchev–Trinajstić information content (AvgIpc) is 2.45. The zero-order valence-electron chi connectivity index (χ0n) is 11.4. The largest absolute Gasteiger partial charge is 0.308 e. The normalized spacial score (nSPS) is 12.3. The highest BCUT2D eigenvalue weighted by molar-refractivity contribution is 6.34. The number of aromatic nitrogens is 1. The van der Waals surface area contributed by atoms with E-state index in [2.05, 4.69) is 29.4 Å². The van der Waals surface area contributed by atoms with E-state index in [1.807, 2.05) is 18.2 Å². The summed E-state index contributed by atoms with van der Waals surface area (Å²) >= 11 is 12.2. The lowest BCUT2D eigenvalue weighted by atomic mass is 10.0. The number of hydrogen-bond acceptors (Lipinski definition) is 2. The molecule has 1 unspecified atom stereocenters. The van der Waals surface area contributed by atoms with Crippen LogP contribution in [0.2, 0.25) is 10.0 Å². The van der Waals surface area contributed by atoms with Crippen LogP contribution in [0.3, 0.4) is 0 Å². The van der Waals surface area contributed by atoms with E-state index in [0.717, 1.165) is 25.1 Å². The van der Waals surface area contributed by atoms with Crippen molar-refractivity contribution in [1.82, 2.24) is 10.3 Å². The number of nitrogens with one attached hydrogen (secondary N) is 1. The fourth-order valence-electron chi connectivity index (χ4n) is 2.12. The molecule has 0 radical (unpaired) electrons. The van der Waals surface area contributed by atoms with Gasteiger partial charge in [0, 0.05) is 6.20 Å². The van der Waals surface area contributed by atoms with Crippen LogP contribution in [0.15, 0.2) is 42.6 Å². The van der Waals surface area contributed by atoms with Gasteiger partial charge in [-0.3, -0.25) is 4.98 Å². The molecule has 0 spiro atoms. The molecule has 1 aromatic carbocycles. The number of pyridine rings is 1. The van der Waals surface area contributed by atoms with Gasteiger partial charge in [0.25, 0.3) is 0 Å². The summed E-state index contributed by atoms with van der Waals surface area (Å²) in [4.78, 5) is 4.40. The first-order chi connectivity index (χ1) is 9.70. The Morgan fingerprint density at radius 2 is 1.95 bits per heavy atom. The highest BCUT2D eigenvalue weighted by Gasteiger charge is 2.16. The predicted molar refractivity (Wildman–Crippen MR) is 85.4 cm³/mol. The number of rotatable bonds is 6. The van der Waals surface area contributed by atoms with Gasteiger partial charge in [0.1, 0.15) is 0 Å². The van der Waals surface area contributed by atoms with Crippen LogP contribution in [0.4, 0.5) is 0 Å². The fourth-order valence-corrected chi connectivity index (χ4v) is 2.63. The molecular formula is C16H18Cl2N2. The molecule has 1 atom stereocenters. The van der Waals surface area contributed by atoms with E-state index in [1.54, 1.807) is 12.3 Å². The monoisotopic (exact) mass is 308 g/mol. The van der Waals surface area contributed by atoms with Crippen LogP contribution >= 0.6 is 23.2 Å². The molecule has 106 valence electrons. The number of nitrogens with zero attached hydrogens (tertiary/aromatic N) is 1. The molecule has 2 rings (SSSR count). The van der Waals surface area contributed by atoms with Crippen LogP contribution in [0.25, 0.3) is 0 Å². The molecule has 0 saturated carbocycles. The van der Waals surface area contributed by atoms with Crippen molar-refractivity contribution in [1.29, 1.82) is 0 Å². The summed E-state index contributed by atoms with van der Waals surface area (Å²) < 4.78 is 0. The van der Waals surface area contributed by atoms with Gasteiger partial charge in [0.05, 0.1) is 21.8 Å². The molecule has 2 aromatic rings. The van der Waals surface area contributed by atoms with Gasteiger partial charge in [-0.05, 0) is 31.0 Å². The first kappa shape index (κ1) is 15.3. The first-order valence-corrected chi connectivity index (χ1v) is 7.54. The number of halogens is 2. The maximum atomic E-state index is 6.28. The van der Waals surface area contributed by atoms with Gasteiger partial charge in [-0.15, -0.1) is 0 Å². The minimum atomic E-state index is 0.0992. The van der Waals surface area contributed by atoms with Crippen LogP contribution in [0.1, 0.15) is 30.6 Å². The SMILES string of the molecule is CCCNC(Cc1ccccc1)c1ncc(Cl)cc1Cl. The van der Waals surface area contributed by atoms with E-state index in [9.17, 15) is 0 Å². The van der Waals surface area contributed by atoms with Gasteiger partial charge in [-0.25, -0.2) is 0 Å². The van der Waals surface area contributed by atoms with Crippen molar-refractivity contribution < 1.29 is 0 Å². The molecule has 1 N–H and O–H groups in total. The summed E-state index contributed by atoms with van der Waals surface area (Å²) in [7, 11) is 0. The van der Waals surface area contributed by atoms with Crippen molar-refractivity contribution in [2.45, 2.75) is 25.8 Å². The standard InChI is InChI=1S/C16H18Cl2N2/c1-2-8-19-15(9-12-6-4-3-5-7-12)16-14(18)10-13(17)11-20-16/h3-7,10-11,15,19H,2,8-9H2,1H3. The summed E-state index contributed by atoms with van der Waals surface area (Å²) in [5, 5.41) is 4.68.